The number of aromatic nitrogens is 1. The molecule has 1 atom stereocenters. The van der Waals surface area contributed by atoms with Gasteiger partial charge in [0, 0.05) is 28.9 Å². The largest absolute Gasteiger partial charge is 0.358 e. The Hall–Kier alpha value is -2.99. The second-order valence-corrected chi connectivity index (χ2v) is 8.01. The Labute approximate surface area is 162 Å². The summed E-state index contributed by atoms with van der Waals surface area (Å²) in [6.45, 7) is 6.49. The average molecular weight is 380 g/mol. The van der Waals surface area contributed by atoms with Gasteiger partial charge in [0.15, 0.2) is 0 Å². The van der Waals surface area contributed by atoms with Crippen molar-refractivity contribution in [2.45, 2.75) is 32.4 Å². The van der Waals surface area contributed by atoms with Crippen molar-refractivity contribution in [1.29, 1.82) is 0 Å². The van der Waals surface area contributed by atoms with Crippen LogP contribution >= 0.6 is 0 Å². The summed E-state index contributed by atoms with van der Waals surface area (Å²) >= 11 is 0. The van der Waals surface area contributed by atoms with Crippen LogP contribution in [0.3, 0.4) is 0 Å². The lowest BCUT2D eigenvalue weighted by Gasteiger charge is -2.22. The molecule has 4 rings (SSSR count). The van der Waals surface area contributed by atoms with Crippen LogP contribution in [-0.4, -0.2) is 17.0 Å². The van der Waals surface area contributed by atoms with Crippen molar-refractivity contribution in [3.8, 4) is 0 Å². The second-order valence-electron chi connectivity index (χ2n) is 8.01. The van der Waals surface area contributed by atoms with Gasteiger partial charge in [-0.25, -0.2) is 13.8 Å². The van der Waals surface area contributed by atoms with Crippen LogP contribution in [0.25, 0.3) is 16.6 Å². The SMILES string of the molecule is CC(C)(C)c1ccc(C2=CC(N)N=C(c3c[nH]c4c(F)cc(F)cc34)N2)cc1. The maximum absolute atomic E-state index is 14.0. The first-order valence-electron chi connectivity index (χ1n) is 9.12. The van der Waals surface area contributed by atoms with E-state index >= 15 is 0 Å². The fourth-order valence-electron chi connectivity index (χ4n) is 3.36. The molecule has 144 valence electrons. The molecule has 0 aliphatic carbocycles. The van der Waals surface area contributed by atoms with Gasteiger partial charge in [0.2, 0.25) is 0 Å². The molecule has 0 bridgehead atoms. The van der Waals surface area contributed by atoms with Crippen LogP contribution in [0, 0.1) is 11.6 Å². The highest BCUT2D eigenvalue weighted by molar-refractivity contribution is 6.13. The van der Waals surface area contributed by atoms with Crippen LogP contribution in [0.2, 0.25) is 0 Å². The van der Waals surface area contributed by atoms with Crippen molar-refractivity contribution in [2.75, 3.05) is 0 Å². The molecule has 3 aromatic rings. The van der Waals surface area contributed by atoms with Gasteiger partial charge in [-0.05, 0) is 28.7 Å². The van der Waals surface area contributed by atoms with Gasteiger partial charge in [-0.2, -0.15) is 0 Å². The lowest BCUT2D eigenvalue weighted by atomic mass is 9.86. The smallest absolute Gasteiger partial charge is 0.150 e. The average Bonchev–Trinajstić information content (AvgIpc) is 3.05. The third kappa shape index (κ3) is 3.31. The monoisotopic (exact) mass is 380 g/mol. The zero-order valence-electron chi connectivity index (χ0n) is 16.0. The predicted octanol–water partition coefficient (Wildman–Crippen LogP) is 4.42. The summed E-state index contributed by atoms with van der Waals surface area (Å²) in [6, 6.07) is 10.4. The second kappa shape index (κ2) is 6.56. The van der Waals surface area contributed by atoms with Crippen LogP contribution in [0.4, 0.5) is 8.78 Å². The predicted molar refractivity (Wildman–Crippen MR) is 109 cm³/mol. The van der Waals surface area contributed by atoms with Crippen molar-refractivity contribution >= 4 is 22.4 Å². The Morgan fingerprint density at radius 1 is 1.07 bits per heavy atom. The number of nitrogens with one attached hydrogen (secondary N) is 2. The first-order valence-corrected chi connectivity index (χ1v) is 9.12. The summed E-state index contributed by atoms with van der Waals surface area (Å²) in [7, 11) is 0. The number of hydrogen-bond acceptors (Lipinski definition) is 3. The quantitative estimate of drug-likeness (QED) is 0.616. The van der Waals surface area contributed by atoms with Gasteiger partial charge in [0.25, 0.3) is 0 Å². The number of hydrogen-bond donors (Lipinski definition) is 3. The van der Waals surface area contributed by atoms with Crippen molar-refractivity contribution in [1.82, 2.24) is 10.3 Å². The fraction of sp³-hybridized carbons (Fsp3) is 0.227. The van der Waals surface area contributed by atoms with Crippen molar-refractivity contribution in [3.63, 3.8) is 0 Å². The van der Waals surface area contributed by atoms with Crippen LogP contribution in [-0.2, 0) is 5.41 Å². The number of aliphatic imine (C=N–C) groups is 1. The summed E-state index contributed by atoms with van der Waals surface area (Å²) < 4.78 is 27.7. The maximum atomic E-state index is 14.0. The number of H-pyrrole nitrogens is 1. The summed E-state index contributed by atoms with van der Waals surface area (Å²) in [6.07, 6.45) is 2.88. The number of nitrogens with two attached hydrogens (primary N) is 1. The third-order valence-corrected chi connectivity index (χ3v) is 4.89. The Morgan fingerprint density at radius 2 is 1.79 bits per heavy atom. The number of fused-ring (bicyclic) bond motifs is 1. The molecule has 2 aromatic carbocycles. The molecule has 1 aromatic heterocycles. The standard InChI is InChI=1S/C22H22F2N4/c1-22(2,3)13-6-4-12(5-7-13)18-10-19(25)28-21(27-18)16-11-26-20-15(16)8-14(23)9-17(20)24/h4-11,19,26H,25H2,1-3H3,(H,27,28). The number of rotatable bonds is 2. The van der Waals surface area contributed by atoms with E-state index in [1.165, 1.54) is 11.6 Å². The zero-order chi connectivity index (χ0) is 20.1. The molecule has 0 amide bonds. The minimum atomic E-state index is -0.643. The van der Waals surface area contributed by atoms with Gasteiger partial charge in [0.05, 0.1) is 5.52 Å². The van der Waals surface area contributed by atoms with E-state index in [9.17, 15) is 8.78 Å². The van der Waals surface area contributed by atoms with Crippen LogP contribution in [0.5, 0.6) is 0 Å². The van der Waals surface area contributed by atoms with Crippen LogP contribution in [0.15, 0.2) is 53.7 Å². The number of benzene rings is 2. The minimum Gasteiger partial charge on any atom is -0.358 e. The van der Waals surface area contributed by atoms with Gasteiger partial charge in [-0.1, -0.05) is 45.0 Å². The van der Waals surface area contributed by atoms with Crippen molar-refractivity contribution < 1.29 is 8.78 Å². The molecule has 28 heavy (non-hydrogen) atoms. The Kier molecular flexibility index (Phi) is 4.31. The van der Waals surface area contributed by atoms with Crippen LogP contribution < -0.4 is 11.1 Å². The molecule has 4 nitrogen and oxygen atoms in total. The lowest BCUT2D eigenvalue weighted by Crippen LogP contribution is -2.32. The van der Waals surface area contributed by atoms with Crippen LogP contribution in [0.1, 0.15) is 37.5 Å². The topological polar surface area (TPSA) is 66.2 Å². The molecule has 1 aliphatic heterocycles. The first kappa shape index (κ1) is 18.4. The molecule has 2 heterocycles. The van der Waals surface area contributed by atoms with E-state index in [0.717, 1.165) is 17.3 Å². The molecular formula is C22H22F2N4. The van der Waals surface area contributed by atoms with E-state index in [2.05, 4.69) is 48.2 Å². The number of amidine groups is 1. The summed E-state index contributed by atoms with van der Waals surface area (Å²) in [5, 5.41) is 3.67. The molecule has 0 saturated carbocycles. The molecule has 0 radical (unpaired) electrons. The van der Waals surface area contributed by atoms with Gasteiger partial charge in [-0.3, -0.25) is 0 Å². The van der Waals surface area contributed by atoms with Crippen molar-refractivity contribution in [2.24, 2.45) is 10.7 Å². The van der Waals surface area contributed by atoms with E-state index in [0.29, 0.717) is 16.8 Å². The summed E-state index contributed by atoms with van der Waals surface area (Å²) in [5.41, 5.74) is 9.97. The number of aromatic amines is 1. The van der Waals surface area contributed by atoms with Gasteiger partial charge in [-0.15, -0.1) is 0 Å². The molecule has 1 unspecified atom stereocenters. The Balaban J connectivity index is 1.69. The molecule has 0 fully saturated rings. The highest BCUT2D eigenvalue weighted by atomic mass is 19.1. The van der Waals surface area contributed by atoms with Gasteiger partial charge < -0.3 is 16.0 Å². The number of nitrogens with zero attached hydrogens (tertiary/aromatic N) is 1. The van der Waals surface area contributed by atoms with E-state index in [4.69, 9.17) is 5.73 Å². The lowest BCUT2D eigenvalue weighted by molar-refractivity contribution is 0.590. The van der Waals surface area contributed by atoms with Gasteiger partial charge >= 0.3 is 0 Å². The molecular weight excluding hydrogens is 358 g/mol. The normalized spacial score (nSPS) is 17.3. The minimum absolute atomic E-state index is 0.0636. The molecule has 0 saturated heterocycles. The van der Waals surface area contributed by atoms with Gasteiger partial charge in [0.1, 0.15) is 23.6 Å². The van der Waals surface area contributed by atoms with E-state index in [1.807, 2.05) is 18.2 Å². The molecule has 4 N–H and O–H groups in total. The molecule has 0 spiro atoms. The Bertz CT molecular complexity index is 1100. The maximum Gasteiger partial charge on any atom is 0.150 e. The van der Waals surface area contributed by atoms with E-state index < -0.39 is 17.8 Å². The molecule has 1 aliphatic rings. The zero-order valence-corrected chi connectivity index (χ0v) is 16.0. The Morgan fingerprint density at radius 3 is 2.46 bits per heavy atom. The number of halogens is 2. The summed E-state index contributed by atoms with van der Waals surface area (Å²) in [5.74, 6) is -0.809. The van der Waals surface area contributed by atoms with E-state index in [1.54, 1.807) is 6.20 Å². The molecule has 6 heteroatoms. The highest BCUT2D eigenvalue weighted by Gasteiger charge is 2.20. The first-order chi connectivity index (χ1) is 13.2. The van der Waals surface area contributed by atoms with Crippen molar-refractivity contribution in [3.05, 3.63) is 77.0 Å². The third-order valence-electron chi connectivity index (χ3n) is 4.89. The highest BCUT2D eigenvalue weighted by Crippen LogP contribution is 2.27. The fourth-order valence-corrected chi connectivity index (χ4v) is 3.36. The summed E-state index contributed by atoms with van der Waals surface area (Å²) in [4.78, 5) is 7.26. The van der Waals surface area contributed by atoms with E-state index in [-0.39, 0.29) is 10.9 Å².